The van der Waals surface area contributed by atoms with Gasteiger partial charge in [-0.1, -0.05) is 13.3 Å². The third kappa shape index (κ3) is 3.27. The molecule has 2 fully saturated rings. The van der Waals surface area contributed by atoms with Crippen LogP contribution < -0.4 is 5.32 Å². The zero-order valence-electron chi connectivity index (χ0n) is 12.6. The number of nitrogens with zero attached hydrogens (tertiary/aromatic N) is 2. The highest BCUT2D eigenvalue weighted by molar-refractivity contribution is 5.92. The minimum atomic E-state index is -0.103. The van der Waals surface area contributed by atoms with Gasteiger partial charge in [0.1, 0.15) is 5.69 Å². The minimum absolute atomic E-state index is 0.0712. The molecule has 21 heavy (non-hydrogen) atoms. The summed E-state index contributed by atoms with van der Waals surface area (Å²) < 4.78 is 5.58. The second kappa shape index (κ2) is 6.58. The molecule has 2 atom stereocenters. The Balaban J connectivity index is 1.60. The van der Waals surface area contributed by atoms with Crippen molar-refractivity contribution in [1.82, 2.24) is 20.4 Å². The molecule has 3 heterocycles. The fourth-order valence-corrected chi connectivity index (χ4v) is 3.23. The number of ether oxygens (including phenoxy) is 1. The first-order chi connectivity index (χ1) is 10.3. The van der Waals surface area contributed by atoms with E-state index in [2.05, 4.69) is 27.3 Å². The molecule has 3 rings (SSSR count). The van der Waals surface area contributed by atoms with Crippen molar-refractivity contribution in [2.75, 3.05) is 26.3 Å². The number of carbonyl (C=O) groups excluding carboxylic acids is 1. The normalized spacial score (nSPS) is 26.3. The van der Waals surface area contributed by atoms with Gasteiger partial charge < -0.3 is 10.1 Å². The highest BCUT2D eigenvalue weighted by Crippen LogP contribution is 2.19. The quantitative estimate of drug-likeness (QED) is 0.848. The summed E-state index contributed by atoms with van der Waals surface area (Å²) in [5, 5.41) is 10.1. The molecule has 2 unspecified atom stereocenters. The van der Waals surface area contributed by atoms with Gasteiger partial charge in [-0.3, -0.25) is 14.8 Å². The number of hydrogen-bond acceptors (Lipinski definition) is 4. The second-order valence-corrected chi connectivity index (χ2v) is 5.96. The van der Waals surface area contributed by atoms with Crippen LogP contribution in [0.1, 0.15) is 42.4 Å². The van der Waals surface area contributed by atoms with Gasteiger partial charge in [-0.15, -0.1) is 0 Å². The summed E-state index contributed by atoms with van der Waals surface area (Å²) in [6, 6.07) is 2.23. The molecule has 1 aromatic rings. The summed E-state index contributed by atoms with van der Waals surface area (Å²) in [7, 11) is 0. The highest BCUT2D eigenvalue weighted by Gasteiger charge is 2.35. The predicted octanol–water partition coefficient (Wildman–Crippen LogP) is 0.955. The van der Waals surface area contributed by atoms with Gasteiger partial charge in [0.2, 0.25) is 0 Å². The molecular weight excluding hydrogens is 268 g/mol. The van der Waals surface area contributed by atoms with Crippen LogP contribution in [0.3, 0.4) is 0 Å². The molecule has 0 aliphatic carbocycles. The molecule has 2 aliphatic rings. The SMILES string of the molecule is CCCc1cc(C(=O)NC2COCC2N2CCCC2)n[nH]1. The minimum Gasteiger partial charge on any atom is -0.378 e. The van der Waals surface area contributed by atoms with Gasteiger partial charge in [0.25, 0.3) is 5.91 Å². The van der Waals surface area contributed by atoms with Crippen LogP contribution in [0.5, 0.6) is 0 Å². The van der Waals surface area contributed by atoms with Crippen LogP contribution in [0, 0.1) is 0 Å². The summed E-state index contributed by atoms with van der Waals surface area (Å²) in [6.07, 6.45) is 4.45. The van der Waals surface area contributed by atoms with Crippen molar-refractivity contribution in [1.29, 1.82) is 0 Å². The molecule has 0 aromatic carbocycles. The van der Waals surface area contributed by atoms with Gasteiger partial charge in [-0.25, -0.2) is 0 Å². The van der Waals surface area contributed by atoms with E-state index in [0.717, 1.165) is 31.6 Å². The maximum absolute atomic E-state index is 12.3. The van der Waals surface area contributed by atoms with E-state index in [1.54, 1.807) is 0 Å². The standard InChI is InChI=1S/C15H24N4O2/c1-2-5-11-8-12(18-17-11)15(20)16-13-9-21-10-14(13)19-6-3-4-7-19/h8,13-14H,2-7,9-10H2,1H3,(H,16,20)(H,17,18). The number of aromatic nitrogens is 2. The summed E-state index contributed by atoms with van der Waals surface area (Å²) in [4.78, 5) is 14.7. The maximum atomic E-state index is 12.3. The second-order valence-electron chi connectivity index (χ2n) is 5.96. The summed E-state index contributed by atoms with van der Waals surface area (Å²) in [5.74, 6) is -0.103. The predicted molar refractivity (Wildman–Crippen MR) is 79.3 cm³/mol. The Morgan fingerprint density at radius 1 is 1.48 bits per heavy atom. The number of rotatable bonds is 5. The van der Waals surface area contributed by atoms with Crippen molar-refractivity contribution in [3.63, 3.8) is 0 Å². The molecule has 2 N–H and O–H groups in total. The third-order valence-corrected chi connectivity index (χ3v) is 4.36. The monoisotopic (exact) mass is 292 g/mol. The summed E-state index contributed by atoms with van der Waals surface area (Å²) >= 11 is 0. The molecule has 6 heteroatoms. The van der Waals surface area contributed by atoms with Crippen LogP contribution in [-0.4, -0.2) is 59.4 Å². The molecule has 1 amide bonds. The number of amides is 1. The molecular formula is C15H24N4O2. The Hall–Kier alpha value is -1.40. The Bertz CT molecular complexity index is 482. The van der Waals surface area contributed by atoms with Gasteiger partial charge in [0.05, 0.1) is 25.3 Å². The van der Waals surface area contributed by atoms with E-state index in [9.17, 15) is 4.79 Å². The lowest BCUT2D eigenvalue weighted by atomic mass is 10.1. The van der Waals surface area contributed by atoms with E-state index in [1.165, 1.54) is 12.8 Å². The Kier molecular flexibility index (Phi) is 4.55. The van der Waals surface area contributed by atoms with E-state index in [-0.39, 0.29) is 11.9 Å². The Morgan fingerprint density at radius 3 is 3.05 bits per heavy atom. The van der Waals surface area contributed by atoms with Crippen LogP contribution in [0.2, 0.25) is 0 Å². The number of aryl methyl sites for hydroxylation is 1. The smallest absolute Gasteiger partial charge is 0.272 e. The number of hydrogen-bond donors (Lipinski definition) is 2. The molecule has 1 aromatic heterocycles. The molecule has 116 valence electrons. The lowest BCUT2D eigenvalue weighted by molar-refractivity contribution is 0.0911. The highest BCUT2D eigenvalue weighted by atomic mass is 16.5. The largest absolute Gasteiger partial charge is 0.378 e. The zero-order chi connectivity index (χ0) is 14.7. The number of nitrogens with one attached hydrogen (secondary N) is 2. The number of likely N-dealkylation sites (tertiary alicyclic amines) is 1. The molecule has 2 aliphatic heterocycles. The summed E-state index contributed by atoms with van der Waals surface area (Å²) in [6.45, 7) is 5.65. The Morgan fingerprint density at radius 2 is 2.29 bits per heavy atom. The molecule has 0 saturated carbocycles. The summed E-state index contributed by atoms with van der Waals surface area (Å²) in [5.41, 5.74) is 1.49. The Labute approximate surface area is 125 Å². The van der Waals surface area contributed by atoms with E-state index in [4.69, 9.17) is 4.74 Å². The number of aromatic amines is 1. The average molecular weight is 292 g/mol. The van der Waals surface area contributed by atoms with Crippen LogP contribution in [0.25, 0.3) is 0 Å². The van der Waals surface area contributed by atoms with Crippen LogP contribution in [-0.2, 0) is 11.2 Å². The van der Waals surface area contributed by atoms with Gasteiger partial charge in [0.15, 0.2) is 0 Å². The van der Waals surface area contributed by atoms with Crippen LogP contribution >= 0.6 is 0 Å². The van der Waals surface area contributed by atoms with Gasteiger partial charge in [-0.05, 0) is 38.4 Å². The number of carbonyl (C=O) groups is 1. The van der Waals surface area contributed by atoms with E-state index in [0.29, 0.717) is 24.9 Å². The first-order valence-electron chi connectivity index (χ1n) is 7.95. The first-order valence-corrected chi connectivity index (χ1v) is 7.95. The fraction of sp³-hybridized carbons (Fsp3) is 0.733. The number of H-pyrrole nitrogens is 1. The zero-order valence-corrected chi connectivity index (χ0v) is 12.6. The van der Waals surface area contributed by atoms with E-state index in [1.807, 2.05) is 6.07 Å². The van der Waals surface area contributed by atoms with Crippen molar-refractivity contribution in [2.45, 2.75) is 44.7 Å². The third-order valence-electron chi connectivity index (χ3n) is 4.36. The molecule has 0 spiro atoms. The lowest BCUT2D eigenvalue weighted by Gasteiger charge is -2.27. The van der Waals surface area contributed by atoms with Crippen molar-refractivity contribution in [2.24, 2.45) is 0 Å². The van der Waals surface area contributed by atoms with Gasteiger partial charge in [0, 0.05) is 5.69 Å². The van der Waals surface area contributed by atoms with Crippen LogP contribution in [0.15, 0.2) is 6.07 Å². The van der Waals surface area contributed by atoms with E-state index < -0.39 is 0 Å². The molecule has 0 radical (unpaired) electrons. The van der Waals surface area contributed by atoms with Crippen molar-refractivity contribution in [3.8, 4) is 0 Å². The molecule has 2 saturated heterocycles. The topological polar surface area (TPSA) is 70.2 Å². The van der Waals surface area contributed by atoms with Crippen molar-refractivity contribution >= 4 is 5.91 Å². The average Bonchev–Trinajstić information content (AvgIpc) is 3.19. The molecule has 0 bridgehead atoms. The molecule has 6 nitrogen and oxygen atoms in total. The lowest BCUT2D eigenvalue weighted by Crippen LogP contribution is -2.50. The van der Waals surface area contributed by atoms with Gasteiger partial charge in [-0.2, -0.15) is 5.10 Å². The van der Waals surface area contributed by atoms with Crippen molar-refractivity contribution in [3.05, 3.63) is 17.5 Å². The van der Waals surface area contributed by atoms with Gasteiger partial charge >= 0.3 is 0 Å². The maximum Gasteiger partial charge on any atom is 0.272 e. The first kappa shape index (κ1) is 14.5. The van der Waals surface area contributed by atoms with Crippen LogP contribution in [0.4, 0.5) is 0 Å². The fourth-order valence-electron chi connectivity index (χ4n) is 3.23. The van der Waals surface area contributed by atoms with Crippen molar-refractivity contribution < 1.29 is 9.53 Å². The van der Waals surface area contributed by atoms with E-state index >= 15 is 0 Å².